The van der Waals surface area contributed by atoms with Gasteiger partial charge in [0.15, 0.2) is 0 Å². The van der Waals surface area contributed by atoms with Crippen molar-refractivity contribution >= 4 is 15.9 Å². The Kier molecular flexibility index (Phi) is 6.14. The Labute approximate surface area is 111 Å². The second kappa shape index (κ2) is 7.12. The summed E-state index contributed by atoms with van der Waals surface area (Å²) in [5.74, 6) is -0.0286. The summed E-state index contributed by atoms with van der Waals surface area (Å²) in [6, 6.07) is 4.98. The normalized spacial score (nSPS) is 14.6. The van der Waals surface area contributed by atoms with Gasteiger partial charge in [-0.1, -0.05) is 48.7 Å². The van der Waals surface area contributed by atoms with E-state index in [2.05, 4.69) is 22.9 Å². The lowest BCUT2D eigenvalue weighted by Gasteiger charge is -2.19. The van der Waals surface area contributed by atoms with Gasteiger partial charge in [-0.2, -0.15) is 0 Å². The fraction of sp³-hybridized carbons (Fsp3) is 0.571. The van der Waals surface area contributed by atoms with Crippen molar-refractivity contribution in [1.29, 1.82) is 0 Å². The molecule has 0 aromatic heterocycles. The van der Waals surface area contributed by atoms with Crippen LogP contribution in [0.25, 0.3) is 0 Å². The van der Waals surface area contributed by atoms with Crippen LogP contribution in [-0.2, 0) is 6.42 Å². The highest BCUT2D eigenvalue weighted by molar-refractivity contribution is 9.10. The maximum Gasteiger partial charge on any atom is 0.127 e. The van der Waals surface area contributed by atoms with Crippen molar-refractivity contribution in [3.05, 3.63) is 34.1 Å². The van der Waals surface area contributed by atoms with Crippen molar-refractivity contribution in [1.82, 2.24) is 0 Å². The second-order valence-corrected chi connectivity index (χ2v) is 5.54. The minimum atomic E-state index is -0.461. The zero-order valence-electron chi connectivity index (χ0n) is 10.4. The lowest BCUT2D eigenvalue weighted by Crippen LogP contribution is -2.20. The summed E-state index contributed by atoms with van der Waals surface area (Å²) in [5, 5.41) is 10.0. The largest absolute Gasteiger partial charge is 0.393 e. The number of benzene rings is 1. The predicted molar refractivity (Wildman–Crippen MR) is 72.5 cm³/mol. The average molecular weight is 303 g/mol. The van der Waals surface area contributed by atoms with E-state index >= 15 is 0 Å². The highest BCUT2D eigenvalue weighted by Crippen LogP contribution is 2.20. The van der Waals surface area contributed by atoms with Gasteiger partial charge in [-0.05, 0) is 30.0 Å². The molecule has 0 bridgehead atoms. The van der Waals surface area contributed by atoms with Gasteiger partial charge in [-0.15, -0.1) is 0 Å². The Balaban J connectivity index is 2.58. The molecule has 0 heterocycles. The monoisotopic (exact) mass is 302 g/mol. The molecule has 0 aliphatic heterocycles. The summed E-state index contributed by atoms with van der Waals surface area (Å²) in [5.41, 5.74) is 0.587. The zero-order chi connectivity index (χ0) is 12.8. The maximum absolute atomic E-state index is 13.6. The van der Waals surface area contributed by atoms with Gasteiger partial charge in [0, 0.05) is 10.9 Å². The Morgan fingerprint density at radius 3 is 2.71 bits per heavy atom. The number of rotatable bonds is 6. The van der Waals surface area contributed by atoms with Gasteiger partial charge in [-0.25, -0.2) is 4.39 Å². The first-order chi connectivity index (χ1) is 8.04. The maximum atomic E-state index is 13.6. The molecule has 1 rings (SSSR count). The number of aliphatic hydroxyl groups excluding tert-OH is 1. The van der Waals surface area contributed by atoms with E-state index < -0.39 is 6.10 Å². The molecule has 2 atom stereocenters. The molecule has 0 saturated heterocycles. The van der Waals surface area contributed by atoms with Crippen LogP contribution in [0.4, 0.5) is 4.39 Å². The summed E-state index contributed by atoms with van der Waals surface area (Å²) < 4.78 is 14.3. The molecule has 0 radical (unpaired) electrons. The number of unbranched alkanes of at least 4 members (excludes halogenated alkanes) is 1. The molecule has 2 unspecified atom stereocenters. The van der Waals surface area contributed by atoms with E-state index in [0.717, 1.165) is 23.7 Å². The van der Waals surface area contributed by atoms with Crippen LogP contribution in [0.1, 0.15) is 38.7 Å². The minimum absolute atomic E-state index is 0.220. The van der Waals surface area contributed by atoms with Gasteiger partial charge in [0.1, 0.15) is 5.82 Å². The number of halogens is 2. The fourth-order valence-corrected chi connectivity index (χ4v) is 2.17. The smallest absolute Gasteiger partial charge is 0.127 e. The summed E-state index contributed by atoms with van der Waals surface area (Å²) in [6.45, 7) is 4.16. The molecular formula is C14H20BrFO. The molecule has 0 fully saturated rings. The zero-order valence-corrected chi connectivity index (χ0v) is 12.0. The first-order valence-electron chi connectivity index (χ1n) is 6.16. The Morgan fingerprint density at radius 1 is 1.41 bits per heavy atom. The quantitative estimate of drug-likeness (QED) is 0.830. The van der Waals surface area contributed by atoms with Crippen LogP contribution in [0.3, 0.4) is 0 Å². The lowest BCUT2D eigenvalue weighted by molar-refractivity contribution is 0.110. The summed E-state index contributed by atoms with van der Waals surface area (Å²) in [7, 11) is 0. The molecule has 0 amide bonds. The van der Waals surface area contributed by atoms with E-state index in [1.54, 1.807) is 6.07 Å². The first kappa shape index (κ1) is 14.7. The standard InChI is InChI=1S/C14H20BrFO/c1-3-4-5-10(2)14(17)8-11-6-7-12(15)9-13(11)16/h6-7,9-10,14,17H,3-5,8H2,1-2H3. The van der Waals surface area contributed by atoms with E-state index in [1.807, 2.05) is 13.0 Å². The molecule has 1 N–H and O–H groups in total. The molecule has 0 aliphatic carbocycles. The van der Waals surface area contributed by atoms with Crippen LogP contribution < -0.4 is 0 Å². The van der Waals surface area contributed by atoms with Crippen LogP contribution in [0, 0.1) is 11.7 Å². The van der Waals surface area contributed by atoms with Crippen molar-refractivity contribution in [2.45, 2.75) is 45.6 Å². The molecule has 3 heteroatoms. The molecule has 0 aliphatic rings. The van der Waals surface area contributed by atoms with Gasteiger partial charge >= 0.3 is 0 Å². The topological polar surface area (TPSA) is 20.2 Å². The summed E-state index contributed by atoms with van der Waals surface area (Å²) in [6.07, 6.45) is 3.17. The first-order valence-corrected chi connectivity index (χ1v) is 6.96. The Bertz CT molecular complexity index is 354. The van der Waals surface area contributed by atoms with Gasteiger partial charge in [0.05, 0.1) is 6.10 Å². The van der Waals surface area contributed by atoms with E-state index in [1.165, 1.54) is 6.07 Å². The van der Waals surface area contributed by atoms with E-state index in [0.29, 0.717) is 12.0 Å². The van der Waals surface area contributed by atoms with E-state index in [4.69, 9.17) is 0 Å². The number of aliphatic hydroxyl groups is 1. The number of hydrogen-bond donors (Lipinski definition) is 1. The second-order valence-electron chi connectivity index (χ2n) is 4.63. The average Bonchev–Trinajstić information content (AvgIpc) is 2.29. The molecule has 17 heavy (non-hydrogen) atoms. The minimum Gasteiger partial charge on any atom is -0.393 e. The predicted octanol–water partition coefficient (Wildman–Crippen LogP) is 4.32. The lowest BCUT2D eigenvalue weighted by atomic mass is 9.93. The van der Waals surface area contributed by atoms with Gasteiger partial charge in [0.2, 0.25) is 0 Å². The third-order valence-electron chi connectivity index (χ3n) is 3.11. The molecule has 96 valence electrons. The highest BCUT2D eigenvalue weighted by atomic mass is 79.9. The van der Waals surface area contributed by atoms with Crippen molar-refractivity contribution in [2.24, 2.45) is 5.92 Å². The van der Waals surface area contributed by atoms with Crippen LogP contribution in [0.15, 0.2) is 22.7 Å². The summed E-state index contributed by atoms with van der Waals surface area (Å²) >= 11 is 3.22. The van der Waals surface area contributed by atoms with Gasteiger partial charge in [-0.3, -0.25) is 0 Å². The molecule has 1 nitrogen and oxygen atoms in total. The number of hydrogen-bond acceptors (Lipinski definition) is 1. The Hall–Kier alpha value is -0.410. The van der Waals surface area contributed by atoms with E-state index in [-0.39, 0.29) is 11.7 Å². The van der Waals surface area contributed by atoms with Crippen molar-refractivity contribution in [3.63, 3.8) is 0 Å². The summed E-state index contributed by atoms with van der Waals surface area (Å²) in [4.78, 5) is 0. The van der Waals surface area contributed by atoms with Gasteiger partial charge in [0.25, 0.3) is 0 Å². The van der Waals surface area contributed by atoms with Crippen LogP contribution in [0.5, 0.6) is 0 Å². The van der Waals surface area contributed by atoms with Crippen molar-refractivity contribution < 1.29 is 9.50 Å². The fourth-order valence-electron chi connectivity index (χ4n) is 1.83. The molecule has 1 aromatic carbocycles. The molecule has 0 spiro atoms. The van der Waals surface area contributed by atoms with Crippen molar-refractivity contribution in [3.8, 4) is 0 Å². The SMILES string of the molecule is CCCCC(C)C(O)Cc1ccc(Br)cc1F. The Morgan fingerprint density at radius 2 is 2.12 bits per heavy atom. The molecule has 0 saturated carbocycles. The van der Waals surface area contributed by atoms with Gasteiger partial charge < -0.3 is 5.11 Å². The van der Waals surface area contributed by atoms with Crippen LogP contribution in [0.2, 0.25) is 0 Å². The van der Waals surface area contributed by atoms with E-state index in [9.17, 15) is 9.50 Å². The highest BCUT2D eigenvalue weighted by Gasteiger charge is 2.16. The molecule has 1 aromatic rings. The third-order valence-corrected chi connectivity index (χ3v) is 3.61. The molecular weight excluding hydrogens is 283 g/mol. The van der Waals surface area contributed by atoms with Crippen LogP contribution in [-0.4, -0.2) is 11.2 Å². The third kappa shape index (κ3) is 4.76. The van der Waals surface area contributed by atoms with Crippen molar-refractivity contribution in [2.75, 3.05) is 0 Å². The van der Waals surface area contributed by atoms with Crippen LogP contribution >= 0.6 is 15.9 Å².